The fourth-order valence-corrected chi connectivity index (χ4v) is 3.15. The summed E-state index contributed by atoms with van der Waals surface area (Å²) in [6.45, 7) is 4.14. The summed E-state index contributed by atoms with van der Waals surface area (Å²) in [5.41, 5.74) is 1.60. The van der Waals surface area contributed by atoms with E-state index < -0.39 is 0 Å². The standard InChI is InChI=1S/C16H22N2O2/c1-10(2)17-13-6-4-3-5-12(13)16(19)18-14-9-11-7-8-15(14)20-11/h3-6,10-11,14-15,17H,7-9H2,1-2H3,(H,18,19). The van der Waals surface area contributed by atoms with E-state index in [-0.39, 0.29) is 18.1 Å². The molecule has 2 saturated heterocycles. The van der Waals surface area contributed by atoms with Crippen molar-refractivity contribution in [2.24, 2.45) is 0 Å². The quantitative estimate of drug-likeness (QED) is 0.887. The number of fused-ring (bicyclic) bond motifs is 2. The van der Waals surface area contributed by atoms with Gasteiger partial charge in [0.1, 0.15) is 0 Å². The fourth-order valence-electron chi connectivity index (χ4n) is 3.15. The molecule has 2 N–H and O–H groups in total. The SMILES string of the molecule is CC(C)Nc1ccccc1C(=O)NC1CC2CCC1O2. The van der Waals surface area contributed by atoms with Crippen molar-refractivity contribution in [1.82, 2.24) is 5.32 Å². The highest BCUT2D eigenvalue weighted by Crippen LogP contribution is 2.34. The summed E-state index contributed by atoms with van der Waals surface area (Å²) in [7, 11) is 0. The molecule has 2 bridgehead atoms. The molecule has 2 heterocycles. The highest BCUT2D eigenvalue weighted by molar-refractivity contribution is 5.99. The minimum absolute atomic E-state index is 0.00472. The van der Waals surface area contributed by atoms with Gasteiger partial charge in [0.25, 0.3) is 5.91 Å². The van der Waals surface area contributed by atoms with Gasteiger partial charge in [-0.1, -0.05) is 12.1 Å². The molecule has 1 aromatic carbocycles. The molecular formula is C16H22N2O2. The van der Waals surface area contributed by atoms with E-state index in [1.54, 1.807) is 0 Å². The van der Waals surface area contributed by atoms with Crippen molar-refractivity contribution < 1.29 is 9.53 Å². The Hall–Kier alpha value is -1.55. The van der Waals surface area contributed by atoms with Crippen LogP contribution in [-0.2, 0) is 4.74 Å². The van der Waals surface area contributed by atoms with Gasteiger partial charge in [-0.05, 0) is 45.2 Å². The lowest BCUT2D eigenvalue weighted by molar-refractivity contribution is 0.0841. The second-order valence-electron chi connectivity index (χ2n) is 6.03. The molecule has 0 spiro atoms. The lowest BCUT2D eigenvalue weighted by Gasteiger charge is -2.21. The van der Waals surface area contributed by atoms with Crippen LogP contribution in [-0.4, -0.2) is 30.2 Å². The van der Waals surface area contributed by atoms with Gasteiger partial charge in [-0.2, -0.15) is 0 Å². The summed E-state index contributed by atoms with van der Waals surface area (Å²) in [6.07, 6.45) is 3.74. The summed E-state index contributed by atoms with van der Waals surface area (Å²) < 4.78 is 5.79. The lowest BCUT2D eigenvalue weighted by Crippen LogP contribution is -2.41. The van der Waals surface area contributed by atoms with Gasteiger partial charge in [0.2, 0.25) is 0 Å². The van der Waals surface area contributed by atoms with Crippen molar-refractivity contribution in [1.29, 1.82) is 0 Å². The Labute approximate surface area is 119 Å². The van der Waals surface area contributed by atoms with Gasteiger partial charge in [0, 0.05) is 11.7 Å². The van der Waals surface area contributed by atoms with Gasteiger partial charge < -0.3 is 15.4 Å². The highest BCUT2D eigenvalue weighted by Gasteiger charge is 2.41. The third kappa shape index (κ3) is 2.66. The average Bonchev–Trinajstić information content (AvgIpc) is 3.00. The van der Waals surface area contributed by atoms with Crippen molar-refractivity contribution in [3.63, 3.8) is 0 Å². The Kier molecular flexibility index (Phi) is 3.66. The van der Waals surface area contributed by atoms with Gasteiger partial charge in [-0.25, -0.2) is 0 Å². The molecule has 0 radical (unpaired) electrons. The van der Waals surface area contributed by atoms with Gasteiger partial charge >= 0.3 is 0 Å². The zero-order valence-corrected chi connectivity index (χ0v) is 12.1. The third-order valence-electron chi connectivity index (χ3n) is 4.04. The molecule has 2 aliphatic heterocycles. The van der Waals surface area contributed by atoms with Crippen LogP contribution in [0.5, 0.6) is 0 Å². The molecule has 4 nitrogen and oxygen atoms in total. The normalized spacial score (nSPS) is 27.9. The number of para-hydroxylation sites is 1. The number of carbonyl (C=O) groups is 1. The molecule has 1 aromatic rings. The van der Waals surface area contributed by atoms with E-state index in [1.165, 1.54) is 0 Å². The third-order valence-corrected chi connectivity index (χ3v) is 4.04. The minimum atomic E-state index is -0.00472. The molecular weight excluding hydrogens is 252 g/mol. The summed E-state index contributed by atoms with van der Waals surface area (Å²) in [5, 5.41) is 6.46. The highest BCUT2D eigenvalue weighted by atomic mass is 16.5. The first kappa shape index (κ1) is 13.4. The monoisotopic (exact) mass is 274 g/mol. The van der Waals surface area contributed by atoms with Crippen molar-refractivity contribution in [2.45, 2.75) is 57.4 Å². The van der Waals surface area contributed by atoms with Crippen LogP contribution < -0.4 is 10.6 Å². The molecule has 3 atom stereocenters. The molecule has 4 heteroatoms. The lowest BCUT2D eigenvalue weighted by atomic mass is 9.95. The van der Waals surface area contributed by atoms with E-state index in [9.17, 15) is 4.79 Å². The molecule has 1 amide bonds. The topological polar surface area (TPSA) is 50.4 Å². The summed E-state index contributed by atoms with van der Waals surface area (Å²) in [5.74, 6) is -0.00472. The second-order valence-corrected chi connectivity index (χ2v) is 6.03. The van der Waals surface area contributed by atoms with E-state index in [1.807, 2.05) is 24.3 Å². The molecule has 2 fully saturated rings. The van der Waals surface area contributed by atoms with Crippen molar-refractivity contribution >= 4 is 11.6 Å². The summed E-state index contributed by atoms with van der Waals surface area (Å²) in [4.78, 5) is 12.5. The van der Waals surface area contributed by atoms with Crippen molar-refractivity contribution in [3.05, 3.63) is 29.8 Å². The average molecular weight is 274 g/mol. The number of hydrogen-bond acceptors (Lipinski definition) is 3. The maximum atomic E-state index is 12.5. The Balaban J connectivity index is 1.70. The summed E-state index contributed by atoms with van der Waals surface area (Å²) in [6, 6.07) is 8.14. The predicted octanol–water partition coefficient (Wildman–Crippen LogP) is 2.56. The number of carbonyl (C=O) groups excluding carboxylic acids is 1. The fraction of sp³-hybridized carbons (Fsp3) is 0.562. The number of rotatable bonds is 4. The van der Waals surface area contributed by atoms with Crippen LogP contribution in [0.4, 0.5) is 5.69 Å². The van der Waals surface area contributed by atoms with Crippen LogP contribution in [0.1, 0.15) is 43.5 Å². The van der Waals surface area contributed by atoms with Gasteiger partial charge in [-0.3, -0.25) is 4.79 Å². The number of anilines is 1. The number of hydrogen-bond donors (Lipinski definition) is 2. The molecule has 20 heavy (non-hydrogen) atoms. The molecule has 0 saturated carbocycles. The number of amides is 1. The number of benzene rings is 1. The van der Waals surface area contributed by atoms with Crippen LogP contribution in [0.2, 0.25) is 0 Å². The van der Waals surface area contributed by atoms with E-state index in [0.717, 1.165) is 24.9 Å². The van der Waals surface area contributed by atoms with Crippen molar-refractivity contribution in [2.75, 3.05) is 5.32 Å². The Bertz CT molecular complexity index is 501. The molecule has 2 aliphatic rings. The van der Waals surface area contributed by atoms with E-state index in [2.05, 4.69) is 24.5 Å². The number of ether oxygens (including phenoxy) is 1. The second kappa shape index (κ2) is 5.44. The molecule has 0 aliphatic carbocycles. The van der Waals surface area contributed by atoms with Crippen LogP contribution in [0.3, 0.4) is 0 Å². The zero-order chi connectivity index (χ0) is 14.1. The zero-order valence-electron chi connectivity index (χ0n) is 12.1. The maximum absolute atomic E-state index is 12.5. The number of nitrogens with one attached hydrogen (secondary N) is 2. The Morgan fingerprint density at radius 2 is 2.10 bits per heavy atom. The van der Waals surface area contributed by atoms with Crippen molar-refractivity contribution in [3.8, 4) is 0 Å². The van der Waals surface area contributed by atoms with E-state index >= 15 is 0 Å². The van der Waals surface area contributed by atoms with Gasteiger partial charge in [0.15, 0.2) is 0 Å². The predicted molar refractivity (Wildman–Crippen MR) is 79.0 cm³/mol. The minimum Gasteiger partial charge on any atom is -0.382 e. The van der Waals surface area contributed by atoms with E-state index in [4.69, 9.17) is 4.74 Å². The molecule has 0 aromatic heterocycles. The molecule has 108 valence electrons. The van der Waals surface area contributed by atoms with Gasteiger partial charge in [-0.15, -0.1) is 0 Å². The summed E-state index contributed by atoms with van der Waals surface area (Å²) >= 11 is 0. The van der Waals surface area contributed by atoms with Crippen LogP contribution in [0.15, 0.2) is 24.3 Å². The first-order chi connectivity index (χ1) is 9.63. The largest absolute Gasteiger partial charge is 0.382 e. The molecule has 3 rings (SSSR count). The molecule has 3 unspecified atom stereocenters. The first-order valence-electron chi connectivity index (χ1n) is 7.45. The van der Waals surface area contributed by atoms with Crippen LogP contribution in [0, 0.1) is 0 Å². The smallest absolute Gasteiger partial charge is 0.253 e. The Morgan fingerprint density at radius 1 is 1.30 bits per heavy atom. The Morgan fingerprint density at radius 3 is 2.75 bits per heavy atom. The maximum Gasteiger partial charge on any atom is 0.253 e. The van der Waals surface area contributed by atoms with E-state index in [0.29, 0.717) is 17.7 Å². The first-order valence-corrected chi connectivity index (χ1v) is 7.45. The van der Waals surface area contributed by atoms with Gasteiger partial charge in [0.05, 0.1) is 23.8 Å². The van der Waals surface area contributed by atoms with Crippen LogP contribution >= 0.6 is 0 Å². The van der Waals surface area contributed by atoms with Crippen LogP contribution in [0.25, 0.3) is 0 Å².